The van der Waals surface area contributed by atoms with Crippen LogP contribution in [0.5, 0.6) is 0 Å². The normalized spacial score (nSPS) is 11.9. The largest absolute Gasteiger partial charge is 0.0622 e. The van der Waals surface area contributed by atoms with E-state index in [1.807, 2.05) is 6.07 Å². The van der Waals surface area contributed by atoms with Gasteiger partial charge in [0.05, 0.1) is 0 Å². The zero-order valence-corrected chi connectivity index (χ0v) is 14.8. The molecule has 1 heteroatoms. The van der Waals surface area contributed by atoms with Gasteiger partial charge in [-0.2, -0.15) is 0 Å². The van der Waals surface area contributed by atoms with Gasteiger partial charge in [0.2, 0.25) is 0 Å². The number of rotatable bonds is 4. The Labute approximate surface area is 146 Å². The summed E-state index contributed by atoms with van der Waals surface area (Å²) in [5, 5.41) is 0. The molecule has 0 aliphatic heterocycles. The van der Waals surface area contributed by atoms with Gasteiger partial charge in [-0.25, -0.2) is 0 Å². The zero-order chi connectivity index (χ0) is 16.1. The summed E-state index contributed by atoms with van der Waals surface area (Å²) in [6.45, 7) is 2.18. The molecule has 0 fully saturated rings. The van der Waals surface area contributed by atoms with Gasteiger partial charge in [0.15, 0.2) is 0 Å². The molecular formula is C22H19Br. The number of aryl methyl sites for hydroxylation is 1. The molecule has 0 saturated heterocycles. The van der Waals surface area contributed by atoms with Gasteiger partial charge < -0.3 is 0 Å². The molecular weight excluding hydrogens is 344 g/mol. The van der Waals surface area contributed by atoms with E-state index in [2.05, 4.69) is 102 Å². The lowest BCUT2D eigenvalue weighted by molar-refractivity contribution is 1.14. The van der Waals surface area contributed by atoms with Crippen molar-refractivity contribution in [3.8, 4) is 0 Å². The van der Waals surface area contributed by atoms with Crippen molar-refractivity contribution < 1.29 is 0 Å². The number of benzene rings is 3. The Kier molecular flexibility index (Phi) is 5.09. The van der Waals surface area contributed by atoms with E-state index in [0.717, 1.165) is 10.9 Å². The zero-order valence-electron chi connectivity index (χ0n) is 13.2. The summed E-state index contributed by atoms with van der Waals surface area (Å²) in [4.78, 5) is 0. The molecule has 114 valence electrons. The molecule has 0 atom stereocenters. The number of hydrogen-bond donors (Lipinski definition) is 0. The maximum Gasteiger partial charge on any atom is 0.0332 e. The molecule has 0 saturated carbocycles. The van der Waals surface area contributed by atoms with Crippen LogP contribution >= 0.6 is 15.9 Å². The minimum Gasteiger partial charge on any atom is -0.0622 e. The summed E-state index contributed by atoms with van der Waals surface area (Å²) in [5.41, 5.74) is 6.21. The first kappa shape index (κ1) is 15.8. The van der Waals surface area contributed by atoms with Crippen molar-refractivity contribution in [1.29, 1.82) is 0 Å². The van der Waals surface area contributed by atoms with Gasteiger partial charge in [0.25, 0.3) is 0 Å². The smallest absolute Gasteiger partial charge is 0.0332 e. The van der Waals surface area contributed by atoms with Crippen LogP contribution in [-0.2, 0) is 6.42 Å². The Morgan fingerprint density at radius 1 is 0.652 bits per heavy atom. The van der Waals surface area contributed by atoms with E-state index >= 15 is 0 Å². The molecule has 0 radical (unpaired) electrons. The van der Waals surface area contributed by atoms with Crippen LogP contribution in [0.3, 0.4) is 0 Å². The monoisotopic (exact) mass is 362 g/mol. The molecule has 3 rings (SSSR count). The van der Waals surface area contributed by atoms with Crippen LogP contribution in [-0.4, -0.2) is 0 Å². The number of hydrogen-bond acceptors (Lipinski definition) is 0. The predicted molar refractivity (Wildman–Crippen MR) is 104 cm³/mol. The minimum absolute atomic E-state index is 1.06. The molecule has 0 nitrogen and oxygen atoms in total. The average molecular weight is 363 g/mol. The van der Waals surface area contributed by atoms with E-state index in [4.69, 9.17) is 0 Å². The molecule has 3 aromatic rings. The highest BCUT2D eigenvalue weighted by molar-refractivity contribution is 9.15. The number of halogens is 1. The Hall–Kier alpha value is -2.12. The van der Waals surface area contributed by atoms with Crippen LogP contribution in [0.4, 0.5) is 0 Å². The second-order valence-electron chi connectivity index (χ2n) is 5.47. The van der Waals surface area contributed by atoms with E-state index in [9.17, 15) is 0 Å². The van der Waals surface area contributed by atoms with Crippen molar-refractivity contribution in [2.24, 2.45) is 0 Å². The van der Waals surface area contributed by atoms with Crippen molar-refractivity contribution in [3.05, 3.63) is 107 Å². The molecule has 0 aliphatic rings. The fourth-order valence-corrected chi connectivity index (χ4v) is 3.38. The fraction of sp³-hybridized carbons (Fsp3) is 0.0909. The first-order valence-electron chi connectivity index (χ1n) is 7.89. The first-order valence-corrected chi connectivity index (χ1v) is 8.69. The lowest BCUT2D eigenvalue weighted by Gasteiger charge is -2.13. The van der Waals surface area contributed by atoms with Gasteiger partial charge in [-0.3, -0.25) is 0 Å². The summed E-state index contributed by atoms with van der Waals surface area (Å²) >= 11 is 3.84. The highest BCUT2D eigenvalue weighted by atomic mass is 79.9. The lowest BCUT2D eigenvalue weighted by Crippen LogP contribution is -1.92. The fourth-order valence-electron chi connectivity index (χ4n) is 2.66. The van der Waals surface area contributed by atoms with Gasteiger partial charge >= 0.3 is 0 Å². The van der Waals surface area contributed by atoms with Crippen molar-refractivity contribution in [1.82, 2.24) is 0 Å². The van der Waals surface area contributed by atoms with E-state index in [1.54, 1.807) is 0 Å². The summed E-state index contributed by atoms with van der Waals surface area (Å²) in [5.74, 6) is 0. The molecule has 0 amide bonds. The summed E-state index contributed by atoms with van der Waals surface area (Å²) in [7, 11) is 0. The molecule has 0 unspecified atom stereocenters. The van der Waals surface area contributed by atoms with Crippen molar-refractivity contribution >= 4 is 26.0 Å². The van der Waals surface area contributed by atoms with E-state index < -0.39 is 0 Å². The molecule has 0 N–H and O–H groups in total. The average Bonchev–Trinajstić information content (AvgIpc) is 2.64. The standard InChI is InChI=1S/C22H19Br/c1-2-17-13-15-19(16-14-17)21(18-9-5-3-6-10-18)22(23)20-11-7-4-8-12-20/h3-16H,2H2,1H3/b22-21+. The van der Waals surface area contributed by atoms with Gasteiger partial charge in [0, 0.05) is 10.1 Å². The molecule has 0 aromatic heterocycles. The second-order valence-corrected chi connectivity index (χ2v) is 6.26. The van der Waals surface area contributed by atoms with Crippen LogP contribution in [0, 0.1) is 0 Å². The van der Waals surface area contributed by atoms with Gasteiger partial charge in [-0.05, 0) is 44.6 Å². The van der Waals surface area contributed by atoms with Gasteiger partial charge in [0.1, 0.15) is 0 Å². The molecule has 0 heterocycles. The quantitative estimate of drug-likeness (QED) is 0.461. The SMILES string of the molecule is CCc1ccc(/C(=C(/Br)c2ccccc2)c2ccccc2)cc1. The van der Waals surface area contributed by atoms with E-state index in [0.29, 0.717) is 0 Å². The summed E-state index contributed by atoms with van der Waals surface area (Å²) in [6.07, 6.45) is 1.06. The summed E-state index contributed by atoms with van der Waals surface area (Å²) in [6, 6.07) is 29.8. The second kappa shape index (κ2) is 7.43. The highest BCUT2D eigenvalue weighted by Crippen LogP contribution is 2.36. The molecule has 3 aromatic carbocycles. The van der Waals surface area contributed by atoms with Crippen molar-refractivity contribution in [3.63, 3.8) is 0 Å². The third-order valence-electron chi connectivity index (χ3n) is 3.96. The third kappa shape index (κ3) is 3.62. The van der Waals surface area contributed by atoms with Crippen LogP contribution in [0.1, 0.15) is 29.2 Å². The van der Waals surface area contributed by atoms with E-state index in [1.165, 1.54) is 27.8 Å². The van der Waals surface area contributed by atoms with Gasteiger partial charge in [-0.1, -0.05) is 91.9 Å². The van der Waals surface area contributed by atoms with Crippen molar-refractivity contribution in [2.75, 3.05) is 0 Å². The Morgan fingerprint density at radius 3 is 1.65 bits per heavy atom. The maximum atomic E-state index is 3.84. The minimum atomic E-state index is 1.06. The van der Waals surface area contributed by atoms with Gasteiger partial charge in [-0.15, -0.1) is 0 Å². The summed E-state index contributed by atoms with van der Waals surface area (Å²) < 4.78 is 1.12. The Balaban J connectivity index is 2.18. The lowest BCUT2D eigenvalue weighted by atomic mass is 9.94. The Morgan fingerprint density at radius 2 is 1.13 bits per heavy atom. The molecule has 0 spiro atoms. The maximum absolute atomic E-state index is 3.84. The molecule has 0 bridgehead atoms. The molecule has 23 heavy (non-hydrogen) atoms. The predicted octanol–water partition coefficient (Wildman–Crippen LogP) is 6.56. The first-order chi connectivity index (χ1) is 11.3. The van der Waals surface area contributed by atoms with Crippen LogP contribution in [0.2, 0.25) is 0 Å². The van der Waals surface area contributed by atoms with Crippen LogP contribution < -0.4 is 0 Å². The third-order valence-corrected chi connectivity index (χ3v) is 4.81. The Bertz CT molecular complexity index is 784. The van der Waals surface area contributed by atoms with E-state index in [-0.39, 0.29) is 0 Å². The van der Waals surface area contributed by atoms with Crippen molar-refractivity contribution in [2.45, 2.75) is 13.3 Å². The van der Waals surface area contributed by atoms with Crippen LogP contribution in [0.25, 0.3) is 10.1 Å². The van der Waals surface area contributed by atoms with Crippen LogP contribution in [0.15, 0.2) is 84.9 Å². The highest BCUT2D eigenvalue weighted by Gasteiger charge is 2.11. The topological polar surface area (TPSA) is 0 Å². The molecule has 0 aliphatic carbocycles.